The molecule has 0 bridgehead atoms. The zero-order valence-corrected chi connectivity index (χ0v) is 12.0. The van der Waals surface area contributed by atoms with Gasteiger partial charge >= 0.3 is 0 Å². The van der Waals surface area contributed by atoms with Crippen molar-refractivity contribution in [3.63, 3.8) is 0 Å². The Morgan fingerprint density at radius 3 is 2.55 bits per heavy atom. The van der Waals surface area contributed by atoms with Crippen LogP contribution in [0, 0.1) is 5.82 Å². The maximum Gasteiger partial charge on any atom is 0.228 e. The fourth-order valence-corrected chi connectivity index (χ4v) is 2.52. The summed E-state index contributed by atoms with van der Waals surface area (Å²) in [6.07, 6.45) is 0. The predicted molar refractivity (Wildman–Crippen MR) is 78.8 cm³/mol. The van der Waals surface area contributed by atoms with Gasteiger partial charge in [-0.15, -0.1) is 0 Å². The number of rotatable bonds is 1. The average molecular weight is 332 g/mol. The fourth-order valence-electron chi connectivity index (χ4n) is 1.79. The molecule has 0 aliphatic heterocycles. The maximum atomic E-state index is 13.0. The van der Waals surface area contributed by atoms with Crippen LogP contribution in [0.4, 0.5) is 10.1 Å². The summed E-state index contributed by atoms with van der Waals surface area (Å²) in [5, 5.41) is 0.669. The molecule has 3 rings (SSSR count). The number of hydrogen-bond donors (Lipinski definition) is 1. The van der Waals surface area contributed by atoms with E-state index < -0.39 is 5.82 Å². The average Bonchev–Trinajstić information content (AvgIpc) is 2.80. The molecule has 0 fully saturated rings. The van der Waals surface area contributed by atoms with Gasteiger partial charge in [-0.2, -0.15) is 0 Å². The van der Waals surface area contributed by atoms with E-state index in [4.69, 9.17) is 45.0 Å². The normalized spacial score (nSPS) is 11.2. The van der Waals surface area contributed by atoms with Crippen molar-refractivity contribution in [3.05, 3.63) is 45.2 Å². The molecule has 2 aromatic carbocycles. The van der Waals surface area contributed by atoms with Gasteiger partial charge in [-0.25, -0.2) is 9.37 Å². The SMILES string of the molecule is Nc1c(Cl)cc2oc(-c3ccc(F)cc3Cl)nc2c1Cl. The lowest BCUT2D eigenvalue weighted by Crippen LogP contribution is -1.88. The van der Waals surface area contributed by atoms with Gasteiger partial charge in [0.1, 0.15) is 11.3 Å². The molecule has 0 radical (unpaired) electrons. The standard InChI is InChI=1S/C13H6Cl3FN2O/c14-7-3-5(17)1-2-6(7)13-19-12-9(20-13)4-8(15)11(18)10(12)16/h1-4H,18H2. The number of halogens is 4. The van der Waals surface area contributed by atoms with E-state index in [9.17, 15) is 4.39 Å². The zero-order valence-electron chi connectivity index (χ0n) is 9.75. The van der Waals surface area contributed by atoms with Gasteiger partial charge in [0, 0.05) is 6.07 Å². The van der Waals surface area contributed by atoms with Gasteiger partial charge in [0.25, 0.3) is 0 Å². The molecule has 0 amide bonds. The molecule has 0 saturated carbocycles. The third-order valence-electron chi connectivity index (χ3n) is 2.77. The summed E-state index contributed by atoms with van der Waals surface area (Å²) in [4.78, 5) is 4.23. The van der Waals surface area contributed by atoms with Crippen molar-refractivity contribution in [2.75, 3.05) is 5.73 Å². The second-order valence-electron chi connectivity index (χ2n) is 4.08. The number of hydrogen-bond acceptors (Lipinski definition) is 3. The molecular weight excluding hydrogens is 326 g/mol. The molecule has 3 nitrogen and oxygen atoms in total. The molecule has 7 heteroatoms. The van der Waals surface area contributed by atoms with Gasteiger partial charge in [-0.1, -0.05) is 34.8 Å². The van der Waals surface area contributed by atoms with Crippen LogP contribution in [0.15, 0.2) is 28.7 Å². The minimum absolute atomic E-state index is 0.187. The van der Waals surface area contributed by atoms with E-state index in [1.807, 2.05) is 0 Å². The van der Waals surface area contributed by atoms with Gasteiger partial charge in [0.15, 0.2) is 5.58 Å². The van der Waals surface area contributed by atoms with E-state index in [0.717, 1.165) is 0 Å². The first-order valence-corrected chi connectivity index (χ1v) is 6.60. The van der Waals surface area contributed by atoms with Gasteiger partial charge in [-0.05, 0) is 18.2 Å². The third-order valence-corrected chi connectivity index (χ3v) is 3.78. The van der Waals surface area contributed by atoms with E-state index in [-0.39, 0.29) is 26.6 Å². The van der Waals surface area contributed by atoms with E-state index in [1.165, 1.54) is 24.3 Å². The molecule has 3 aromatic rings. The highest BCUT2D eigenvalue weighted by molar-refractivity contribution is 6.42. The fraction of sp³-hybridized carbons (Fsp3) is 0. The van der Waals surface area contributed by atoms with Crippen LogP contribution in [0.5, 0.6) is 0 Å². The summed E-state index contributed by atoms with van der Waals surface area (Å²) >= 11 is 18.0. The van der Waals surface area contributed by atoms with Gasteiger partial charge < -0.3 is 10.2 Å². The molecule has 0 atom stereocenters. The Kier molecular flexibility index (Phi) is 3.24. The number of nitrogens with two attached hydrogens (primary N) is 1. The predicted octanol–water partition coefficient (Wildman–Crippen LogP) is 5.18. The van der Waals surface area contributed by atoms with Gasteiger partial charge in [0.05, 0.1) is 26.3 Å². The summed E-state index contributed by atoms with van der Waals surface area (Å²) in [6.45, 7) is 0. The Morgan fingerprint density at radius 2 is 1.85 bits per heavy atom. The van der Waals surface area contributed by atoms with Crippen LogP contribution in [0.2, 0.25) is 15.1 Å². The second-order valence-corrected chi connectivity index (χ2v) is 5.27. The van der Waals surface area contributed by atoms with Crippen LogP contribution < -0.4 is 5.73 Å². The van der Waals surface area contributed by atoms with Crippen LogP contribution in [-0.4, -0.2) is 4.98 Å². The number of aromatic nitrogens is 1. The minimum atomic E-state index is -0.444. The Balaban J connectivity index is 2.26. The maximum absolute atomic E-state index is 13.0. The van der Waals surface area contributed by atoms with Gasteiger partial charge in [-0.3, -0.25) is 0 Å². The first-order valence-electron chi connectivity index (χ1n) is 5.47. The smallest absolute Gasteiger partial charge is 0.228 e. The largest absolute Gasteiger partial charge is 0.436 e. The van der Waals surface area contributed by atoms with Crippen molar-refractivity contribution in [2.45, 2.75) is 0 Å². The van der Waals surface area contributed by atoms with E-state index in [1.54, 1.807) is 0 Å². The van der Waals surface area contributed by atoms with Crippen LogP contribution in [0.1, 0.15) is 0 Å². The van der Waals surface area contributed by atoms with Crippen LogP contribution in [0.3, 0.4) is 0 Å². The molecule has 0 aliphatic rings. The Hall–Kier alpha value is -1.49. The molecule has 0 unspecified atom stereocenters. The lowest BCUT2D eigenvalue weighted by Gasteiger charge is -1.99. The van der Waals surface area contributed by atoms with E-state index in [2.05, 4.69) is 4.98 Å². The monoisotopic (exact) mass is 330 g/mol. The lowest BCUT2D eigenvalue weighted by atomic mass is 10.2. The van der Waals surface area contributed by atoms with Gasteiger partial charge in [0.2, 0.25) is 5.89 Å². The Bertz CT molecular complexity index is 832. The summed E-state index contributed by atoms with van der Waals surface area (Å²) < 4.78 is 18.6. The van der Waals surface area contributed by atoms with Crippen LogP contribution in [-0.2, 0) is 0 Å². The quantitative estimate of drug-likeness (QED) is 0.625. The van der Waals surface area contributed by atoms with Crippen molar-refractivity contribution in [2.24, 2.45) is 0 Å². The van der Waals surface area contributed by atoms with Crippen molar-refractivity contribution in [1.29, 1.82) is 0 Å². The van der Waals surface area contributed by atoms with Crippen molar-refractivity contribution in [3.8, 4) is 11.5 Å². The summed E-state index contributed by atoms with van der Waals surface area (Å²) in [5.74, 6) is -0.228. The molecule has 1 aromatic heterocycles. The number of anilines is 1. The van der Waals surface area contributed by atoms with Crippen LogP contribution >= 0.6 is 34.8 Å². The van der Waals surface area contributed by atoms with Crippen molar-refractivity contribution < 1.29 is 8.81 Å². The summed E-state index contributed by atoms with van der Waals surface area (Å²) in [6, 6.07) is 5.43. The van der Waals surface area contributed by atoms with E-state index in [0.29, 0.717) is 16.7 Å². The number of nitrogen functional groups attached to an aromatic ring is 1. The number of benzene rings is 2. The second kappa shape index (κ2) is 4.81. The Morgan fingerprint density at radius 1 is 1.10 bits per heavy atom. The van der Waals surface area contributed by atoms with Crippen molar-refractivity contribution >= 4 is 51.6 Å². The minimum Gasteiger partial charge on any atom is -0.436 e. The molecule has 102 valence electrons. The third kappa shape index (κ3) is 2.10. The lowest BCUT2D eigenvalue weighted by molar-refractivity contribution is 0.616. The highest BCUT2D eigenvalue weighted by Crippen LogP contribution is 2.38. The molecule has 0 saturated heterocycles. The molecule has 0 spiro atoms. The van der Waals surface area contributed by atoms with Crippen molar-refractivity contribution in [1.82, 2.24) is 4.98 Å². The molecule has 2 N–H and O–H groups in total. The molecular formula is C13H6Cl3FN2O. The zero-order chi connectivity index (χ0) is 14.4. The molecule has 20 heavy (non-hydrogen) atoms. The number of oxazole rings is 1. The van der Waals surface area contributed by atoms with E-state index >= 15 is 0 Å². The number of fused-ring (bicyclic) bond motifs is 1. The number of nitrogens with zero attached hydrogens (tertiary/aromatic N) is 1. The van der Waals surface area contributed by atoms with Crippen LogP contribution in [0.25, 0.3) is 22.6 Å². The summed E-state index contributed by atoms with van der Waals surface area (Å²) in [7, 11) is 0. The first kappa shape index (κ1) is 13.5. The highest BCUT2D eigenvalue weighted by atomic mass is 35.5. The topological polar surface area (TPSA) is 52.0 Å². The first-order chi connectivity index (χ1) is 9.47. The summed E-state index contributed by atoms with van der Waals surface area (Å²) in [5.41, 5.74) is 7.16. The molecule has 0 aliphatic carbocycles. The highest BCUT2D eigenvalue weighted by Gasteiger charge is 2.17. The Labute approximate surface area is 128 Å². The molecule has 1 heterocycles.